The minimum Gasteiger partial charge on any atom is -0.273 e. The van der Waals surface area contributed by atoms with Gasteiger partial charge in [-0.2, -0.15) is 5.10 Å². The number of hydrogen-bond donors (Lipinski definition) is 0. The molecule has 1 atom stereocenters. The SMILES string of the molecule is CCC(=O)N1N=C(c2ccc(Cl)cc2)C[C@@H]1c1ccc(C(C)C)cc1. The number of benzene rings is 2. The van der Waals surface area contributed by atoms with E-state index >= 15 is 0 Å². The zero-order valence-corrected chi connectivity index (χ0v) is 15.6. The van der Waals surface area contributed by atoms with Gasteiger partial charge in [-0.3, -0.25) is 4.79 Å². The van der Waals surface area contributed by atoms with Gasteiger partial charge < -0.3 is 0 Å². The summed E-state index contributed by atoms with van der Waals surface area (Å²) in [5, 5.41) is 6.98. The molecule has 25 heavy (non-hydrogen) atoms. The van der Waals surface area contributed by atoms with Crippen LogP contribution in [-0.2, 0) is 4.79 Å². The van der Waals surface area contributed by atoms with E-state index < -0.39 is 0 Å². The molecule has 0 bridgehead atoms. The molecule has 0 unspecified atom stereocenters. The molecule has 3 rings (SSSR count). The van der Waals surface area contributed by atoms with Crippen molar-refractivity contribution in [1.29, 1.82) is 0 Å². The Kier molecular flexibility index (Phi) is 5.24. The number of hydrazone groups is 1. The van der Waals surface area contributed by atoms with Crippen molar-refractivity contribution in [2.75, 3.05) is 0 Å². The van der Waals surface area contributed by atoms with E-state index in [0.29, 0.717) is 23.8 Å². The topological polar surface area (TPSA) is 32.7 Å². The molecule has 1 heterocycles. The van der Waals surface area contributed by atoms with Gasteiger partial charge in [0.05, 0.1) is 11.8 Å². The lowest BCUT2D eigenvalue weighted by atomic mass is 9.95. The van der Waals surface area contributed by atoms with Crippen molar-refractivity contribution >= 4 is 23.2 Å². The molecule has 0 fully saturated rings. The van der Waals surface area contributed by atoms with Crippen molar-refractivity contribution in [2.24, 2.45) is 5.10 Å². The van der Waals surface area contributed by atoms with Crippen molar-refractivity contribution in [2.45, 2.75) is 45.6 Å². The Bertz CT molecular complexity index is 779. The first-order valence-electron chi connectivity index (χ1n) is 8.75. The van der Waals surface area contributed by atoms with Gasteiger partial charge >= 0.3 is 0 Å². The Labute approximate surface area is 154 Å². The van der Waals surface area contributed by atoms with E-state index in [0.717, 1.165) is 16.8 Å². The molecule has 0 aromatic heterocycles. The van der Waals surface area contributed by atoms with Crippen LogP contribution in [0.3, 0.4) is 0 Å². The molecule has 1 aliphatic rings. The lowest BCUT2D eigenvalue weighted by Crippen LogP contribution is -2.26. The van der Waals surface area contributed by atoms with Crippen LogP contribution in [-0.4, -0.2) is 16.6 Å². The smallest absolute Gasteiger partial charge is 0.242 e. The summed E-state index contributed by atoms with van der Waals surface area (Å²) in [4.78, 5) is 12.4. The van der Waals surface area contributed by atoms with E-state index in [9.17, 15) is 4.79 Å². The highest BCUT2D eigenvalue weighted by Crippen LogP contribution is 2.34. The lowest BCUT2D eigenvalue weighted by molar-refractivity contribution is -0.132. The third-order valence-electron chi connectivity index (χ3n) is 4.63. The second-order valence-electron chi connectivity index (χ2n) is 6.69. The average molecular weight is 355 g/mol. The van der Waals surface area contributed by atoms with Crippen molar-refractivity contribution < 1.29 is 4.79 Å². The Balaban J connectivity index is 1.91. The summed E-state index contributed by atoms with van der Waals surface area (Å²) in [5.74, 6) is 0.536. The van der Waals surface area contributed by atoms with E-state index in [1.54, 1.807) is 5.01 Å². The van der Waals surface area contributed by atoms with E-state index in [1.165, 1.54) is 5.56 Å². The highest BCUT2D eigenvalue weighted by molar-refractivity contribution is 6.30. The zero-order chi connectivity index (χ0) is 18.0. The third-order valence-corrected chi connectivity index (χ3v) is 4.89. The molecule has 4 heteroatoms. The molecule has 2 aromatic carbocycles. The fourth-order valence-corrected chi connectivity index (χ4v) is 3.21. The second kappa shape index (κ2) is 7.40. The quantitative estimate of drug-likeness (QED) is 0.708. The van der Waals surface area contributed by atoms with Gasteiger partial charge in [-0.25, -0.2) is 5.01 Å². The predicted molar refractivity (Wildman–Crippen MR) is 103 cm³/mol. The monoisotopic (exact) mass is 354 g/mol. The number of hydrogen-bond acceptors (Lipinski definition) is 2. The number of rotatable bonds is 4. The van der Waals surface area contributed by atoms with Gasteiger partial charge in [0.25, 0.3) is 0 Å². The van der Waals surface area contributed by atoms with E-state index in [1.807, 2.05) is 31.2 Å². The van der Waals surface area contributed by atoms with E-state index in [-0.39, 0.29) is 11.9 Å². The normalized spacial score (nSPS) is 17.1. The molecule has 2 aromatic rings. The van der Waals surface area contributed by atoms with Crippen molar-refractivity contribution in [3.63, 3.8) is 0 Å². The summed E-state index contributed by atoms with van der Waals surface area (Å²) < 4.78 is 0. The molecule has 3 nitrogen and oxygen atoms in total. The Morgan fingerprint density at radius 3 is 2.36 bits per heavy atom. The molecule has 130 valence electrons. The molecule has 1 aliphatic heterocycles. The van der Waals surface area contributed by atoms with Crippen LogP contribution < -0.4 is 0 Å². The van der Waals surface area contributed by atoms with Crippen molar-refractivity contribution in [1.82, 2.24) is 5.01 Å². The molecule has 1 amide bonds. The summed E-state index contributed by atoms with van der Waals surface area (Å²) in [6.07, 6.45) is 1.16. The van der Waals surface area contributed by atoms with Gasteiger partial charge in [-0.05, 0) is 34.7 Å². The summed E-state index contributed by atoms with van der Waals surface area (Å²) in [7, 11) is 0. The largest absolute Gasteiger partial charge is 0.273 e. The van der Waals surface area contributed by atoms with Crippen LogP contribution in [0.5, 0.6) is 0 Å². The molecule has 0 aliphatic carbocycles. The number of nitrogens with zero attached hydrogens (tertiary/aromatic N) is 2. The van der Waals surface area contributed by atoms with Crippen LogP contribution in [0.2, 0.25) is 5.02 Å². The zero-order valence-electron chi connectivity index (χ0n) is 14.9. The van der Waals surface area contributed by atoms with Gasteiger partial charge in [-0.15, -0.1) is 0 Å². The van der Waals surface area contributed by atoms with Gasteiger partial charge in [0.2, 0.25) is 5.91 Å². The summed E-state index contributed by atoms with van der Waals surface area (Å²) >= 11 is 5.98. The van der Waals surface area contributed by atoms with Crippen molar-refractivity contribution in [3.05, 3.63) is 70.2 Å². The highest BCUT2D eigenvalue weighted by atomic mass is 35.5. The first-order chi connectivity index (χ1) is 12.0. The first kappa shape index (κ1) is 17.7. The second-order valence-corrected chi connectivity index (χ2v) is 7.12. The third kappa shape index (κ3) is 3.77. The summed E-state index contributed by atoms with van der Waals surface area (Å²) in [5.41, 5.74) is 4.36. The van der Waals surface area contributed by atoms with Crippen molar-refractivity contribution in [3.8, 4) is 0 Å². The molecule has 0 N–H and O–H groups in total. The molecule has 0 saturated carbocycles. The minimum absolute atomic E-state index is 0.0423. The van der Waals surface area contributed by atoms with Gasteiger partial charge in [0.1, 0.15) is 0 Å². The predicted octanol–water partition coefficient (Wildman–Crippen LogP) is 5.55. The Morgan fingerprint density at radius 2 is 1.80 bits per heavy atom. The fraction of sp³-hybridized carbons (Fsp3) is 0.333. The number of carbonyl (C=O) groups excluding carboxylic acids is 1. The maximum Gasteiger partial charge on any atom is 0.242 e. The van der Waals surface area contributed by atoms with Crippen LogP contribution in [0.4, 0.5) is 0 Å². The molecular formula is C21H23ClN2O. The Hall–Kier alpha value is -2.13. The average Bonchev–Trinajstić information content (AvgIpc) is 3.07. The summed E-state index contributed by atoms with van der Waals surface area (Å²) in [6, 6.07) is 16.1. The highest BCUT2D eigenvalue weighted by Gasteiger charge is 2.32. The molecular weight excluding hydrogens is 332 g/mol. The van der Waals surface area contributed by atoms with E-state index in [2.05, 4.69) is 43.2 Å². The molecule has 0 radical (unpaired) electrons. The van der Waals surface area contributed by atoms with Crippen LogP contribution >= 0.6 is 11.6 Å². The lowest BCUT2D eigenvalue weighted by Gasteiger charge is -2.22. The number of halogens is 1. The number of carbonyl (C=O) groups is 1. The first-order valence-corrected chi connectivity index (χ1v) is 9.12. The molecule has 0 saturated heterocycles. The van der Waals surface area contributed by atoms with Crippen LogP contribution in [0.1, 0.15) is 62.3 Å². The molecule has 0 spiro atoms. The van der Waals surface area contributed by atoms with Crippen LogP contribution in [0.15, 0.2) is 53.6 Å². The standard InChI is InChI=1S/C21H23ClN2O/c1-4-21(25)24-20(17-7-5-15(6-8-17)14(2)3)13-19(23-24)16-9-11-18(22)12-10-16/h5-12,14,20H,4,13H2,1-3H3/t20-/m1/s1. The number of amides is 1. The van der Waals surface area contributed by atoms with Gasteiger partial charge in [0, 0.05) is 17.9 Å². The minimum atomic E-state index is -0.0423. The van der Waals surface area contributed by atoms with Gasteiger partial charge in [0.15, 0.2) is 0 Å². The maximum atomic E-state index is 12.4. The summed E-state index contributed by atoms with van der Waals surface area (Å²) in [6.45, 7) is 6.23. The van der Waals surface area contributed by atoms with E-state index in [4.69, 9.17) is 11.6 Å². The Morgan fingerprint density at radius 1 is 1.16 bits per heavy atom. The van der Waals surface area contributed by atoms with Crippen LogP contribution in [0.25, 0.3) is 0 Å². The van der Waals surface area contributed by atoms with Gasteiger partial charge in [-0.1, -0.05) is 68.8 Å². The fourth-order valence-electron chi connectivity index (χ4n) is 3.08. The maximum absolute atomic E-state index is 12.4. The van der Waals surface area contributed by atoms with Crippen LogP contribution in [0, 0.1) is 0 Å².